The van der Waals surface area contributed by atoms with Crippen molar-refractivity contribution < 1.29 is 0 Å². The summed E-state index contributed by atoms with van der Waals surface area (Å²) in [5.41, 5.74) is 0. The van der Waals surface area contributed by atoms with Crippen LogP contribution < -0.4 is 0 Å². The van der Waals surface area contributed by atoms with Crippen LogP contribution >= 0.6 is 31.9 Å². The molecule has 0 heterocycles. The van der Waals surface area contributed by atoms with E-state index >= 15 is 0 Å². The van der Waals surface area contributed by atoms with Crippen LogP contribution in [0.25, 0.3) is 0 Å². The van der Waals surface area contributed by atoms with Gasteiger partial charge in [-0.3, -0.25) is 0 Å². The Bertz CT molecular complexity index is 695. The molecule has 0 saturated carbocycles. The molecule has 0 radical (unpaired) electrons. The smallest absolute Gasteiger partial charge is 0.0619 e. The first-order chi connectivity index (χ1) is 10.3. The van der Waals surface area contributed by atoms with Crippen molar-refractivity contribution >= 4 is 42.8 Å². The van der Waals surface area contributed by atoms with Gasteiger partial charge in [-0.1, -0.05) is 42.5 Å². The topological polar surface area (TPSA) is 0 Å². The van der Waals surface area contributed by atoms with Crippen LogP contribution in [0.2, 0.25) is 0 Å². The minimum Gasteiger partial charge on any atom is -0.0619 e. The molecule has 0 saturated heterocycles. The first kappa shape index (κ1) is 14.9. The lowest BCUT2D eigenvalue weighted by Gasteiger charge is -2.10. The second kappa shape index (κ2) is 6.82. The van der Waals surface area contributed by atoms with Crippen molar-refractivity contribution in [2.24, 2.45) is 0 Å². The highest BCUT2D eigenvalue weighted by molar-refractivity contribution is 9.11. The Labute approximate surface area is 144 Å². The zero-order valence-electron chi connectivity index (χ0n) is 11.2. The van der Waals surface area contributed by atoms with Gasteiger partial charge in [0.15, 0.2) is 14.7 Å². The first-order valence-electron chi connectivity index (χ1n) is 6.56. The molecule has 3 aromatic rings. The fourth-order valence-electron chi connectivity index (χ4n) is 2.15. The summed E-state index contributed by atoms with van der Waals surface area (Å²) in [6, 6.07) is 27.6. The molecule has 0 aliphatic heterocycles. The molecule has 0 amide bonds. The minimum atomic E-state index is -0.132. The molecule has 0 aromatic heterocycles. The number of hydrogen-bond donors (Lipinski definition) is 0. The standard InChI is InChI=1S/C18H13Br2S/c19-15-10-4-6-12-17(15)21(14-8-2-1-3-9-14)18-13-7-5-11-16(18)20/h1-13H/q+1. The largest absolute Gasteiger partial charge is 0.180 e. The van der Waals surface area contributed by atoms with E-state index in [1.165, 1.54) is 14.7 Å². The van der Waals surface area contributed by atoms with Gasteiger partial charge in [0, 0.05) is 0 Å². The third-order valence-electron chi connectivity index (χ3n) is 3.09. The molecular formula is C18H13Br2S+. The van der Waals surface area contributed by atoms with Crippen molar-refractivity contribution in [1.82, 2.24) is 0 Å². The predicted octanol–water partition coefficient (Wildman–Crippen LogP) is 6.31. The van der Waals surface area contributed by atoms with Gasteiger partial charge < -0.3 is 0 Å². The Kier molecular flexibility index (Phi) is 4.84. The molecule has 21 heavy (non-hydrogen) atoms. The van der Waals surface area contributed by atoms with Crippen molar-refractivity contribution in [2.75, 3.05) is 0 Å². The van der Waals surface area contributed by atoms with Gasteiger partial charge in [0.05, 0.1) is 8.95 Å². The summed E-state index contributed by atoms with van der Waals surface area (Å²) < 4.78 is 2.29. The van der Waals surface area contributed by atoms with E-state index < -0.39 is 0 Å². The fourth-order valence-corrected chi connectivity index (χ4v) is 5.82. The molecule has 3 heteroatoms. The van der Waals surface area contributed by atoms with E-state index in [1.54, 1.807) is 0 Å². The summed E-state index contributed by atoms with van der Waals surface area (Å²) >= 11 is 7.42. The van der Waals surface area contributed by atoms with Gasteiger partial charge in [0.25, 0.3) is 0 Å². The van der Waals surface area contributed by atoms with Gasteiger partial charge in [-0.2, -0.15) is 0 Å². The number of benzene rings is 3. The Hall–Kier alpha value is -1.03. The highest BCUT2D eigenvalue weighted by Crippen LogP contribution is 2.38. The van der Waals surface area contributed by atoms with Crippen LogP contribution in [-0.2, 0) is 10.9 Å². The molecular weight excluding hydrogens is 408 g/mol. The summed E-state index contributed by atoms with van der Waals surface area (Å²) in [6.45, 7) is 0. The maximum absolute atomic E-state index is 3.71. The van der Waals surface area contributed by atoms with E-state index in [-0.39, 0.29) is 10.9 Å². The van der Waals surface area contributed by atoms with Crippen LogP contribution in [0.3, 0.4) is 0 Å². The van der Waals surface area contributed by atoms with E-state index in [0.29, 0.717) is 0 Å². The molecule has 0 nitrogen and oxygen atoms in total. The molecule has 0 fully saturated rings. The van der Waals surface area contributed by atoms with Crippen LogP contribution in [0.4, 0.5) is 0 Å². The molecule has 0 unspecified atom stereocenters. The third kappa shape index (κ3) is 3.25. The molecule has 3 aromatic carbocycles. The van der Waals surface area contributed by atoms with E-state index in [0.717, 1.165) is 8.95 Å². The lowest BCUT2D eigenvalue weighted by Crippen LogP contribution is -2.06. The molecule has 0 atom stereocenters. The SMILES string of the molecule is Brc1ccccc1[S+](c1ccccc1)c1ccccc1Br. The van der Waals surface area contributed by atoms with Gasteiger partial charge in [-0.25, -0.2) is 0 Å². The van der Waals surface area contributed by atoms with Gasteiger partial charge in [0.1, 0.15) is 10.9 Å². The maximum atomic E-state index is 3.71. The average molecular weight is 421 g/mol. The zero-order chi connectivity index (χ0) is 14.7. The zero-order valence-corrected chi connectivity index (χ0v) is 15.2. The summed E-state index contributed by atoms with van der Waals surface area (Å²) in [7, 11) is -0.132. The van der Waals surface area contributed by atoms with Crippen LogP contribution in [0.1, 0.15) is 0 Å². The van der Waals surface area contributed by atoms with Crippen molar-refractivity contribution in [3.63, 3.8) is 0 Å². The Morgan fingerprint density at radius 2 is 0.952 bits per heavy atom. The molecule has 0 aliphatic carbocycles. The lowest BCUT2D eigenvalue weighted by atomic mass is 10.4. The van der Waals surface area contributed by atoms with Crippen LogP contribution in [0, 0.1) is 0 Å². The minimum absolute atomic E-state index is 0.132. The van der Waals surface area contributed by atoms with Crippen LogP contribution in [0.15, 0.2) is 102 Å². The Morgan fingerprint density at radius 1 is 0.524 bits per heavy atom. The van der Waals surface area contributed by atoms with Crippen molar-refractivity contribution in [3.05, 3.63) is 87.8 Å². The van der Waals surface area contributed by atoms with Gasteiger partial charge in [0.2, 0.25) is 0 Å². The summed E-state index contributed by atoms with van der Waals surface area (Å²) in [6.07, 6.45) is 0. The highest BCUT2D eigenvalue weighted by Gasteiger charge is 2.32. The number of halogens is 2. The monoisotopic (exact) mass is 419 g/mol. The van der Waals surface area contributed by atoms with Crippen LogP contribution in [0.5, 0.6) is 0 Å². The van der Waals surface area contributed by atoms with E-state index in [9.17, 15) is 0 Å². The van der Waals surface area contributed by atoms with Gasteiger partial charge in [-0.15, -0.1) is 0 Å². The van der Waals surface area contributed by atoms with Crippen molar-refractivity contribution in [2.45, 2.75) is 14.7 Å². The fraction of sp³-hybridized carbons (Fsp3) is 0. The highest BCUT2D eigenvalue weighted by atomic mass is 79.9. The molecule has 0 aliphatic rings. The average Bonchev–Trinajstić information content (AvgIpc) is 2.52. The lowest BCUT2D eigenvalue weighted by molar-refractivity contribution is 1.28. The van der Waals surface area contributed by atoms with Crippen LogP contribution in [-0.4, -0.2) is 0 Å². The molecule has 0 spiro atoms. The number of rotatable bonds is 3. The quantitative estimate of drug-likeness (QED) is 0.435. The third-order valence-corrected chi connectivity index (χ3v) is 7.34. The molecule has 0 bridgehead atoms. The Morgan fingerprint density at radius 3 is 1.43 bits per heavy atom. The second-order valence-electron chi connectivity index (χ2n) is 4.48. The summed E-state index contributed by atoms with van der Waals surface area (Å²) in [4.78, 5) is 3.92. The molecule has 3 rings (SSSR count). The Balaban J connectivity index is 2.22. The van der Waals surface area contributed by atoms with Gasteiger partial charge >= 0.3 is 0 Å². The van der Waals surface area contributed by atoms with Crippen molar-refractivity contribution in [1.29, 1.82) is 0 Å². The number of hydrogen-bond acceptors (Lipinski definition) is 0. The summed E-state index contributed by atoms with van der Waals surface area (Å²) in [5.74, 6) is 0. The maximum Gasteiger partial charge on any atom is 0.180 e. The van der Waals surface area contributed by atoms with E-state index in [1.807, 2.05) is 0 Å². The van der Waals surface area contributed by atoms with E-state index in [4.69, 9.17) is 0 Å². The van der Waals surface area contributed by atoms with Gasteiger partial charge in [-0.05, 0) is 68.3 Å². The second-order valence-corrected chi connectivity index (χ2v) is 8.15. The van der Waals surface area contributed by atoms with Crippen molar-refractivity contribution in [3.8, 4) is 0 Å². The normalized spacial score (nSPS) is 10.8. The summed E-state index contributed by atoms with van der Waals surface area (Å²) in [5, 5.41) is 0. The molecule has 104 valence electrons. The molecule has 0 N–H and O–H groups in total. The first-order valence-corrected chi connectivity index (χ1v) is 9.37. The predicted molar refractivity (Wildman–Crippen MR) is 96.9 cm³/mol. The van der Waals surface area contributed by atoms with E-state index in [2.05, 4.69) is 111 Å².